The summed E-state index contributed by atoms with van der Waals surface area (Å²) in [5.74, 6) is 5.86. The number of hydrogen-bond acceptors (Lipinski definition) is 7. The molecule has 0 atom stereocenters. The highest BCUT2D eigenvalue weighted by Crippen LogP contribution is 2.29. The smallest absolute Gasteiger partial charge is 0.410 e. The van der Waals surface area contributed by atoms with E-state index in [2.05, 4.69) is 32.5 Å². The summed E-state index contributed by atoms with van der Waals surface area (Å²) in [5.41, 5.74) is 3.40. The van der Waals surface area contributed by atoms with Crippen LogP contribution in [0.3, 0.4) is 0 Å². The van der Waals surface area contributed by atoms with E-state index in [9.17, 15) is 18.0 Å². The number of rotatable bonds is 9. The lowest BCUT2D eigenvalue weighted by molar-refractivity contribution is 0.0204. The Balaban J connectivity index is 1.30. The van der Waals surface area contributed by atoms with E-state index in [1.807, 2.05) is 51.2 Å². The summed E-state index contributed by atoms with van der Waals surface area (Å²) in [6.07, 6.45) is 8.15. The van der Waals surface area contributed by atoms with Gasteiger partial charge in [-0.1, -0.05) is 24.0 Å². The second kappa shape index (κ2) is 14.9. The van der Waals surface area contributed by atoms with Crippen molar-refractivity contribution in [1.82, 2.24) is 30.2 Å². The van der Waals surface area contributed by atoms with Crippen LogP contribution in [0.15, 0.2) is 72.0 Å². The molecule has 1 aliphatic heterocycles. The van der Waals surface area contributed by atoms with Gasteiger partial charge in [0.05, 0.1) is 22.5 Å². The van der Waals surface area contributed by atoms with Crippen LogP contribution in [-0.4, -0.2) is 70.5 Å². The maximum Gasteiger partial charge on any atom is 0.410 e. The van der Waals surface area contributed by atoms with Gasteiger partial charge < -0.3 is 15.0 Å². The minimum Gasteiger partial charge on any atom is -0.444 e. The van der Waals surface area contributed by atoms with Crippen LogP contribution in [-0.2, 0) is 33.8 Å². The Bertz CT molecular complexity index is 1890. The summed E-state index contributed by atoms with van der Waals surface area (Å²) in [7, 11) is -2.09. The van der Waals surface area contributed by atoms with Crippen molar-refractivity contribution in [2.45, 2.75) is 68.6 Å². The number of nitrogens with zero attached hydrogens (tertiary/aromatic N) is 4. The van der Waals surface area contributed by atoms with Crippen molar-refractivity contribution in [2.24, 2.45) is 7.05 Å². The topological polar surface area (TPSA) is 139 Å². The molecule has 0 spiro atoms. The molecule has 11 nitrogen and oxygen atoms in total. The number of piperidine rings is 1. The molecule has 48 heavy (non-hydrogen) atoms. The summed E-state index contributed by atoms with van der Waals surface area (Å²) in [6.45, 7) is 7.31. The standard InChI is InChI=1S/C36H42N6O5S/c1-36(2,3)47-35(44)42-20-15-29(16-21-42)28-10-7-26(8-11-28)9-12-30-22-31(34(43)37-18-5-6-27-23-38-39-24-27)13-14-33(30)48(45,46)25-32-17-19-41(4)40-32/h7-8,10-11,13-14,17,19,22-24,29H,5-6,15-16,18,20-21,25H2,1-4H3,(H,37,43)(H,38,39). The zero-order valence-electron chi connectivity index (χ0n) is 27.8. The number of nitrogens with one attached hydrogen (secondary N) is 2. The highest BCUT2D eigenvalue weighted by Gasteiger charge is 2.27. The Labute approximate surface area is 282 Å². The normalized spacial score (nSPS) is 13.9. The number of H-pyrrole nitrogens is 1. The van der Waals surface area contributed by atoms with Gasteiger partial charge >= 0.3 is 6.09 Å². The van der Waals surface area contributed by atoms with Gasteiger partial charge in [-0.15, -0.1) is 0 Å². The number of benzene rings is 2. The van der Waals surface area contributed by atoms with Crippen molar-refractivity contribution in [3.05, 3.63) is 101 Å². The van der Waals surface area contributed by atoms with Gasteiger partial charge in [0.1, 0.15) is 5.60 Å². The zero-order chi connectivity index (χ0) is 34.3. The predicted molar refractivity (Wildman–Crippen MR) is 182 cm³/mol. The molecule has 5 rings (SSSR count). The molecule has 4 aromatic rings. The fourth-order valence-corrected chi connectivity index (χ4v) is 6.98. The molecule has 3 heterocycles. The third-order valence-electron chi connectivity index (χ3n) is 8.04. The number of carbonyl (C=O) groups is 2. The van der Waals surface area contributed by atoms with Crippen LogP contribution < -0.4 is 5.32 Å². The van der Waals surface area contributed by atoms with Crippen molar-refractivity contribution in [3.63, 3.8) is 0 Å². The van der Waals surface area contributed by atoms with E-state index in [1.165, 1.54) is 18.2 Å². The molecule has 1 fully saturated rings. The first kappa shape index (κ1) is 34.4. The number of aromatic nitrogens is 4. The second-order valence-electron chi connectivity index (χ2n) is 13.0. The molecule has 0 saturated carbocycles. The third-order valence-corrected chi connectivity index (χ3v) is 9.74. The minimum atomic E-state index is -3.82. The lowest BCUT2D eigenvalue weighted by atomic mass is 9.89. The van der Waals surface area contributed by atoms with Crippen LogP contribution in [0, 0.1) is 11.8 Å². The van der Waals surface area contributed by atoms with Crippen molar-refractivity contribution < 1.29 is 22.7 Å². The summed E-state index contributed by atoms with van der Waals surface area (Å²) < 4.78 is 34.2. The molecule has 2 amide bonds. The highest BCUT2D eigenvalue weighted by atomic mass is 32.2. The van der Waals surface area contributed by atoms with Crippen molar-refractivity contribution in [2.75, 3.05) is 19.6 Å². The first-order valence-electron chi connectivity index (χ1n) is 16.1. The van der Waals surface area contributed by atoms with Crippen LogP contribution in [0.5, 0.6) is 0 Å². The van der Waals surface area contributed by atoms with Gasteiger partial charge in [0.15, 0.2) is 9.84 Å². The first-order chi connectivity index (χ1) is 22.9. The zero-order valence-corrected chi connectivity index (χ0v) is 28.6. The quantitative estimate of drug-likeness (QED) is 0.189. The molecule has 2 aromatic heterocycles. The number of sulfone groups is 1. The molecule has 0 aliphatic carbocycles. The van der Waals surface area contributed by atoms with Crippen LogP contribution >= 0.6 is 0 Å². The first-order valence-corrected chi connectivity index (χ1v) is 17.7. The van der Waals surface area contributed by atoms with E-state index in [4.69, 9.17) is 4.74 Å². The summed E-state index contributed by atoms with van der Waals surface area (Å²) in [4.78, 5) is 27.3. The Morgan fingerprint density at radius 2 is 1.81 bits per heavy atom. The highest BCUT2D eigenvalue weighted by molar-refractivity contribution is 7.90. The molecule has 12 heteroatoms. The summed E-state index contributed by atoms with van der Waals surface area (Å²) >= 11 is 0. The maximum absolute atomic E-state index is 13.5. The van der Waals surface area contributed by atoms with Gasteiger partial charge in [-0.05, 0) is 99.9 Å². The van der Waals surface area contributed by atoms with E-state index < -0.39 is 15.4 Å². The monoisotopic (exact) mass is 670 g/mol. The van der Waals surface area contributed by atoms with Crippen LogP contribution in [0.25, 0.3) is 0 Å². The Morgan fingerprint density at radius 1 is 1.06 bits per heavy atom. The van der Waals surface area contributed by atoms with E-state index >= 15 is 0 Å². The van der Waals surface area contributed by atoms with Crippen molar-refractivity contribution in [3.8, 4) is 11.8 Å². The van der Waals surface area contributed by atoms with Gasteiger partial charge in [0, 0.05) is 55.8 Å². The van der Waals surface area contributed by atoms with E-state index in [1.54, 1.807) is 35.1 Å². The molecule has 0 bridgehead atoms. The number of aryl methyl sites for hydroxylation is 2. The third kappa shape index (κ3) is 9.35. The van der Waals surface area contributed by atoms with Crippen LogP contribution in [0.4, 0.5) is 4.79 Å². The number of ether oxygens (including phenoxy) is 1. The lowest BCUT2D eigenvalue weighted by Crippen LogP contribution is -2.41. The Morgan fingerprint density at radius 3 is 2.46 bits per heavy atom. The molecular weight excluding hydrogens is 628 g/mol. The lowest BCUT2D eigenvalue weighted by Gasteiger charge is -2.33. The average Bonchev–Trinajstić information content (AvgIpc) is 3.72. The average molecular weight is 671 g/mol. The van der Waals surface area contributed by atoms with Gasteiger partial charge in [-0.3, -0.25) is 14.6 Å². The van der Waals surface area contributed by atoms with E-state index in [0.717, 1.165) is 36.8 Å². The SMILES string of the molecule is Cn1ccc(CS(=O)(=O)c2ccc(C(=O)NCCCc3cn[nH]c3)cc2C#Cc2ccc(C3CCN(C(=O)OC(C)(C)C)CC3)cc2)n1. The number of carbonyl (C=O) groups excluding carboxylic acids is 2. The van der Waals surface area contributed by atoms with Gasteiger partial charge in [0.2, 0.25) is 0 Å². The van der Waals surface area contributed by atoms with E-state index in [-0.39, 0.29) is 28.2 Å². The maximum atomic E-state index is 13.5. The number of likely N-dealkylation sites (tertiary alicyclic amines) is 1. The molecule has 252 valence electrons. The molecule has 1 aliphatic rings. The number of aromatic amines is 1. The number of amides is 2. The van der Waals surface area contributed by atoms with Gasteiger partial charge in [0.25, 0.3) is 5.91 Å². The number of hydrogen-bond donors (Lipinski definition) is 2. The van der Waals surface area contributed by atoms with Crippen molar-refractivity contribution >= 4 is 21.8 Å². The minimum absolute atomic E-state index is 0.0468. The Kier molecular flexibility index (Phi) is 10.7. The van der Waals surface area contributed by atoms with E-state index in [0.29, 0.717) is 42.4 Å². The van der Waals surface area contributed by atoms with Crippen molar-refractivity contribution in [1.29, 1.82) is 0 Å². The van der Waals surface area contributed by atoms with Gasteiger partial charge in [-0.25, -0.2) is 13.2 Å². The molecule has 0 unspecified atom stereocenters. The largest absolute Gasteiger partial charge is 0.444 e. The summed E-state index contributed by atoms with van der Waals surface area (Å²) in [5, 5.41) is 13.9. The molecule has 2 N–H and O–H groups in total. The Hall–Kier alpha value is -4.89. The molecule has 2 aromatic carbocycles. The molecule has 1 saturated heterocycles. The van der Waals surface area contributed by atoms with Gasteiger partial charge in [-0.2, -0.15) is 10.2 Å². The second-order valence-corrected chi connectivity index (χ2v) is 15.0. The fourth-order valence-electron chi connectivity index (χ4n) is 5.56. The predicted octanol–water partition coefficient (Wildman–Crippen LogP) is 4.99. The molecular formula is C36H42N6O5S. The van der Waals surface area contributed by atoms with Crippen LogP contribution in [0.2, 0.25) is 0 Å². The summed E-state index contributed by atoms with van der Waals surface area (Å²) in [6, 6.07) is 14.1. The van der Waals surface area contributed by atoms with Crippen LogP contribution in [0.1, 0.15) is 84.3 Å². The fraction of sp³-hybridized carbons (Fsp3) is 0.389. The molecule has 0 radical (unpaired) electrons.